The third kappa shape index (κ3) is 7.86. The molecule has 0 saturated carbocycles. The SMILES string of the molecule is O=C(/C=C/c1ccc(O)c2c1[C@H](C(=O)OC(Cc1ccc(O)c(O)c1)C(=O)O)C(c1ccc(O)c(O)c1)O2)O[C@H](Cc1ccc(O)c(O)c1)C(=O)O. The van der Waals surface area contributed by atoms with Crippen LogP contribution in [-0.2, 0) is 41.5 Å². The topological polar surface area (TPSA) is 278 Å². The Morgan fingerprint density at radius 1 is 0.635 bits per heavy atom. The van der Waals surface area contributed by atoms with Gasteiger partial charge in [0, 0.05) is 24.5 Å². The highest BCUT2D eigenvalue weighted by Crippen LogP contribution is 2.53. The molecule has 0 fully saturated rings. The van der Waals surface area contributed by atoms with Crippen LogP contribution >= 0.6 is 0 Å². The number of carbonyl (C=O) groups excluding carboxylic acids is 2. The molecule has 0 amide bonds. The number of rotatable bonds is 12. The van der Waals surface area contributed by atoms with Crippen LogP contribution in [0.3, 0.4) is 0 Å². The van der Waals surface area contributed by atoms with E-state index in [1.807, 2.05) is 0 Å². The van der Waals surface area contributed by atoms with Crippen molar-refractivity contribution in [1.29, 1.82) is 0 Å². The fourth-order valence-corrected chi connectivity index (χ4v) is 5.49. The number of hydrogen-bond donors (Lipinski definition) is 9. The van der Waals surface area contributed by atoms with Crippen molar-refractivity contribution < 1.29 is 79.3 Å². The van der Waals surface area contributed by atoms with E-state index in [1.54, 1.807) is 0 Å². The summed E-state index contributed by atoms with van der Waals surface area (Å²) < 4.78 is 16.5. The van der Waals surface area contributed by atoms with E-state index in [1.165, 1.54) is 24.3 Å². The van der Waals surface area contributed by atoms with Crippen LogP contribution in [0.15, 0.2) is 72.8 Å². The zero-order valence-corrected chi connectivity index (χ0v) is 26.6. The van der Waals surface area contributed by atoms with Crippen LogP contribution in [-0.4, -0.2) is 82.0 Å². The summed E-state index contributed by atoms with van der Waals surface area (Å²) >= 11 is 0. The molecule has 0 spiro atoms. The van der Waals surface area contributed by atoms with Crippen molar-refractivity contribution in [3.8, 4) is 46.0 Å². The molecule has 0 aliphatic carbocycles. The number of phenols is 7. The number of aromatic hydroxyl groups is 7. The molecule has 4 atom stereocenters. The molecule has 2 unspecified atom stereocenters. The summed E-state index contributed by atoms with van der Waals surface area (Å²) in [6, 6.07) is 13.0. The van der Waals surface area contributed by atoms with Gasteiger partial charge in [0.05, 0.1) is 0 Å². The van der Waals surface area contributed by atoms with Crippen LogP contribution in [0.5, 0.6) is 46.0 Å². The summed E-state index contributed by atoms with van der Waals surface area (Å²) in [6.45, 7) is 0. The number of carbonyl (C=O) groups is 4. The molecule has 1 aliphatic heterocycles. The molecule has 1 aliphatic rings. The summed E-state index contributed by atoms with van der Waals surface area (Å²) in [7, 11) is 0. The van der Waals surface area contributed by atoms with Gasteiger partial charge >= 0.3 is 23.9 Å². The second-order valence-electron chi connectivity index (χ2n) is 11.6. The van der Waals surface area contributed by atoms with E-state index in [-0.39, 0.29) is 40.0 Å². The molecule has 0 aromatic heterocycles. The predicted molar refractivity (Wildman–Crippen MR) is 175 cm³/mol. The molecule has 0 radical (unpaired) electrons. The van der Waals surface area contributed by atoms with E-state index >= 15 is 0 Å². The third-order valence-corrected chi connectivity index (χ3v) is 8.04. The highest BCUT2D eigenvalue weighted by atomic mass is 16.6. The summed E-state index contributed by atoms with van der Waals surface area (Å²) in [6.07, 6.45) is -3.85. The molecule has 4 aromatic carbocycles. The molecular formula is C36H30O16. The summed E-state index contributed by atoms with van der Waals surface area (Å²) in [5.41, 5.74) is 0.445. The molecule has 1 heterocycles. The zero-order valence-electron chi connectivity index (χ0n) is 26.6. The van der Waals surface area contributed by atoms with Crippen LogP contribution < -0.4 is 4.74 Å². The van der Waals surface area contributed by atoms with Crippen LogP contribution in [0.2, 0.25) is 0 Å². The van der Waals surface area contributed by atoms with E-state index in [4.69, 9.17) is 14.2 Å². The second kappa shape index (κ2) is 14.8. The molecule has 270 valence electrons. The van der Waals surface area contributed by atoms with E-state index in [9.17, 15) is 65.1 Å². The van der Waals surface area contributed by atoms with Crippen LogP contribution in [0.1, 0.15) is 39.8 Å². The Bertz CT molecular complexity index is 2090. The number of fused-ring (bicyclic) bond motifs is 1. The lowest BCUT2D eigenvalue weighted by atomic mass is 9.87. The Kier molecular flexibility index (Phi) is 10.3. The average Bonchev–Trinajstić information content (AvgIpc) is 3.50. The first-order valence-corrected chi connectivity index (χ1v) is 15.2. The lowest BCUT2D eigenvalue weighted by Gasteiger charge is -2.22. The molecule has 16 nitrogen and oxygen atoms in total. The lowest BCUT2D eigenvalue weighted by Crippen LogP contribution is -2.33. The molecular weight excluding hydrogens is 688 g/mol. The molecule has 9 N–H and O–H groups in total. The van der Waals surface area contributed by atoms with Gasteiger partial charge in [0.15, 0.2) is 46.0 Å². The van der Waals surface area contributed by atoms with Crippen molar-refractivity contribution in [2.75, 3.05) is 0 Å². The standard InChI is InChI=1S/C36H30O16/c37-20-6-1-16(11-24(20)41)13-27(34(45)46)50-29(44)10-5-18-3-9-23(40)33-30(18)31(32(52-33)19-4-8-22(39)26(43)15-19)36(49)51-28(35(47)48)14-17-2-7-21(38)25(42)12-17/h1-12,15,27-28,31-32,37-43H,13-14H2,(H,45,46)(H,47,48)/b10-5+/t27-,28?,31+,32?/m1/s1. The van der Waals surface area contributed by atoms with Gasteiger partial charge < -0.3 is 60.2 Å². The highest BCUT2D eigenvalue weighted by molar-refractivity contribution is 5.92. The van der Waals surface area contributed by atoms with Crippen molar-refractivity contribution in [1.82, 2.24) is 0 Å². The first-order chi connectivity index (χ1) is 24.6. The Morgan fingerprint density at radius 2 is 1.13 bits per heavy atom. The maximum atomic E-state index is 13.9. The van der Waals surface area contributed by atoms with E-state index < -0.39 is 94.8 Å². The number of benzene rings is 4. The second-order valence-corrected chi connectivity index (χ2v) is 11.6. The Hall–Kier alpha value is -7.10. The normalized spacial score (nSPS) is 16.0. The Balaban J connectivity index is 1.47. The van der Waals surface area contributed by atoms with Crippen molar-refractivity contribution >= 4 is 30.0 Å². The fraction of sp³-hybridized carbons (Fsp3) is 0.167. The number of esters is 2. The van der Waals surface area contributed by atoms with E-state index in [0.717, 1.165) is 54.6 Å². The van der Waals surface area contributed by atoms with Gasteiger partial charge in [-0.2, -0.15) is 0 Å². The molecule has 4 aromatic rings. The third-order valence-electron chi connectivity index (χ3n) is 8.04. The van der Waals surface area contributed by atoms with Crippen LogP contribution in [0, 0.1) is 0 Å². The lowest BCUT2D eigenvalue weighted by molar-refractivity contribution is -0.166. The zero-order chi connectivity index (χ0) is 37.9. The van der Waals surface area contributed by atoms with Gasteiger partial charge in [-0.25, -0.2) is 14.4 Å². The van der Waals surface area contributed by atoms with Gasteiger partial charge in [-0.15, -0.1) is 0 Å². The van der Waals surface area contributed by atoms with E-state index in [2.05, 4.69) is 0 Å². The molecule has 0 bridgehead atoms. The highest BCUT2D eigenvalue weighted by Gasteiger charge is 2.46. The Labute approximate surface area is 292 Å². The maximum Gasteiger partial charge on any atom is 0.345 e. The maximum absolute atomic E-state index is 13.9. The van der Waals surface area contributed by atoms with Gasteiger partial charge in [0.1, 0.15) is 12.0 Å². The molecule has 16 heteroatoms. The quantitative estimate of drug-likeness (QED) is 0.0577. The largest absolute Gasteiger partial charge is 0.504 e. The van der Waals surface area contributed by atoms with Gasteiger partial charge in [-0.1, -0.05) is 24.3 Å². The molecule has 0 saturated heterocycles. The Morgan fingerprint density at radius 3 is 1.65 bits per heavy atom. The number of ether oxygens (including phenoxy) is 3. The number of carboxylic acid groups (broad SMARTS) is 2. The minimum absolute atomic E-state index is 0.0443. The van der Waals surface area contributed by atoms with Gasteiger partial charge in [-0.05, 0) is 70.8 Å². The minimum Gasteiger partial charge on any atom is -0.504 e. The van der Waals surface area contributed by atoms with E-state index in [0.29, 0.717) is 0 Å². The molecule has 52 heavy (non-hydrogen) atoms. The first-order valence-electron chi connectivity index (χ1n) is 15.2. The number of hydrogen-bond acceptors (Lipinski definition) is 14. The minimum atomic E-state index is -1.84. The predicted octanol–water partition coefficient (Wildman–Crippen LogP) is 3.33. The van der Waals surface area contributed by atoms with Gasteiger partial charge in [0.2, 0.25) is 12.2 Å². The molecule has 5 rings (SSSR count). The first kappa shape index (κ1) is 36.2. The van der Waals surface area contributed by atoms with Gasteiger partial charge in [0.25, 0.3) is 0 Å². The average molecular weight is 719 g/mol. The van der Waals surface area contributed by atoms with Crippen molar-refractivity contribution in [3.63, 3.8) is 0 Å². The fourth-order valence-electron chi connectivity index (χ4n) is 5.49. The summed E-state index contributed by atoms with van der Waals surface area (Å²) in [5.74, 6) is -10.8. The van der Waals surface area contributed by atoms with Gasteiger partial charge in [-0.3, -0.25) is 4.79 Å². The monoisotopic (exact) mass is 718 g/mol. The van der Waals surface area contributed by atoms with Crippen LogP contribution in [0.25, 0.3) is 6.08 Å². The number of aliphatic carboxylic acids is 2. The summed E-state index contributed by atoms with van der Waals surface area (Å²) in [4.78, 5) is 50.9. The van der Waals surface area contributed by atoms with Crippen molar-refractivity contribution in [2.24, 2.45) is 0 Å². The smallest absolute Gasteiger partial charge is 0.345 e. The van der Waals surface area contributed by atoms with Crippen molar-refractivity contribution in [2.45, 2.75) is 37.1 Å². The summed E-state index contributed by atoms with van der Waals surface area (Å²) in [5, 5.41) is 89.1. The van der Waals surface area contributed by atoms with Crippen molar-refractivity contribution in [3.05, 3.63) is 101 Å². The number of phenolic OH excluding ortho intramolecular Hbond substituents is 7. The number of carboxylic acids is 2. The van der Waals surface area contributed by atoms with Crippen LogP contribution in [0.4, 0.5) is 0 Å².